The van der Waals surface area contributed by atoms with Crippen molar-refractivity contribution in [2.75, 3.05) is 19.6 Å². The minimum atomic E-state index is 0.0573. The molecule has 3 rings (SSSR count). The van der Waals surface area contributed by atoms with Crippen molar-refractivity contribution < 1.29 is 4.79 Å². The largest absolute Gasteiger partial charge is 0.351 e. The van der Waals surface area contributed by atoms with Gasteiger partial charge in [0, 0.05) is 23.8 Å². The minimum Gasteiger partial charge on any atom is -0.351 e. The molecule has 1 saturated heterocycles. The second-order valence-electron chi connectivity index (χ2n) is 7.20. The summed E-state index contributed by atoms with van der Waals surface area (Å²) in [5.41, 5.74) is 3.25. The zero-order valence-electron chi connectivity index (χ0n) is 15.5. The lowest BCUT2D eigenvalue weighted by atomic mass is 9.97. The average molecular weight is 375 g/mol. The van der Waals surface area contributed by atoms with Crippen LogP contribution in [0.2, 0.25) is 5.02 Å². The van der Waals surface area contributed by atoms with Crippen LogP contribution in [0.25, 0.3) is 0 Å². The van der Waals surface area contributed by atoms with Crippen LogP contribution in [0.4, 0.5) is 0 Å². The Hall–Kier alpha value is -1.85. The summed E-state index contributed by atoms with van der Waals surface area (Å²) >= 11 is 6.13. The first-order chi connectivity index (χ1) is 12.5. The molecule has 1 amide bonds. The van der Waals surface area contributed by atoms with Crippen LogP contribution in [0, 0.1) is 19.8 Å². The van der Waals surface area contributed by atoms with Gasteiger partial charge in [0.1, 0.15) is 0 Å². The second-order valence-corrected chi connectivity index (χ2v) is 7.60. The molecule has 1 aromatic carbocycles. The summed E-state index contributed by atoms with van der Waals surface area (Å²) in [5, 5.41) is 8.22. The molecule has 5 nitrogen and oxygen atoms in total. The summed E-state index contributed by atoms with van der Waals surface area (Å²) < 4.78 is 2.12. The van der Waals surface area contributed by atoms with E-state index < -0.39 is 0 Å². The van der Waals surface area contributed by atoms with Gasteiger partial charge in [-0.25, -0.2) is 0 Å². The average Bonchev–Trinajstić information content (AvgIpc) is 2.93. The predicted molar refractivity (Wildman–Crippen MR) is 104 cm³/mol. The molecule has 0 bridgehead atoms. The molecule has 0 unspecified atom stereocenters. The Balaban J connectivity index is 1.40. The monoisotopic (exact) mass is 374 g/mol. The van der Waals surface area contributed by atoms with Gasteiger partial charge in [0.05, 0.1) is 12.2 Å². The van der Waals surface area contributed by atoms with Crippen molar-refractivity contribution in [3.63, 3.8) is 0 Å². The first-order valence-electron chi connectivity index (χ1n) is 9.25. The number of amides is 1. The standard InChI is InChI=1S/C20H27ClN4O/c1-15-11-16(2)25(23-15)13-17-7-9-24(10-8-17)14-20(26)22-12-18-5-3-4-6-19(18)21/h3-6,11,17H,7-10,12-14H2,1-2H3,(H,22,26). The van der Waals surface area contributed by atoms with Crippen LogP contribution in [0.3, 0.4) is 0 Å². The van der Waals surface area contributed by atoms with Gasteiger partial charge in [-0.3, -0.25) is 14.4 Å². The van der Waals surface area contributed by atoms with Crippen LogP contribution in [0.1, 0.15) is 29.8 Å². The molecule has 1 aromatic heterocycles. The van der Waals surface area contributed by atoms with E-state index in [-0.39, 0.29) is 5.91 Å². The molecule has 0 atom stereocenters. The highest BCUT2D eigenvalue weighted by molar-refractivity contribution is 6.31. The fraction of sp³-hybridized carbons (Fsp3) is 0.500. The third kappa shape index (κ3) is 5.08. The molecule has 140 valence electrons. The maximum Gasteiger partial charge on any atom is 0.234 e. The molecule has 1 aliphatic heterocycles. The molecule has 0 saturated carbocycles. The summed E-state index contributed by atoms with van der Waals surface area (Å²) in [6, 6.07) is 9.73. The molecule has 0 spiro atoms. The van der Waals surface area contributed by atoms with Gasteiger partial charge in [0.15, 0.2) is 0 Å². The number of likely N-dealkylation sites (tertiary alicyclic amines) is 1. The molecule has 1 aliphatic rings. The van der Waals surface area contributed by atoms with E-state index in [2.05, 4.69) is 33.0 Å². The van der Waals surface area contributed by atoms with E-state index in [1.54, 1.807) is 0 Å². The number of aromatic nitrogens is 2. The zero-order chi connectivity index (χ0) is 18.5. The number of halogens is 1. The van der Waals surface area contributed by atoms with Gasteiger partial charge in [-0.15, -0.1) is 0 Å². The number of carbonyl (C=O) groups excluding carboxylic acids is 1. The Kier molecular flexibility index (Phi) is 6.33. The Morgan fingerprint density at radius 2 is 2.00 bits per heavy atom. The molecule has 2 heterocycles. The van der Waals surface area contributed by atoms with Crippen LogP contribution in [0.5, 0.6) is 0 Å². The smallest absolute Gasteiger partial charge is 0.234 e. The SMILES string of the molecule is Cc1cc(C)n(CC2CCN(CC(=O)NCc3ccccc3Cl)CC2)n1. The van der Waals surface area contributed by atoms with Crippen molar-refractivity contribution >= 4 is 17.5 Å². The maximum atomic E-state index is 12.2. The molecule has 2 aromatic rings. The number of hydrogen-bond acceptors (Lipinski definition) is 3. The number of aryl methyl sites for hydroxylation is 2. The highest BCUT2D eigenvalue weighted by Crippen LogP contribution is 2.20. The van der Waals surface area contributed by atoms with Crippen molar-refractivity contribution in [1.29, 1.82) is 0 Å². The van der Waals surface area contributed by atoms with E-state index in [0.717, 1.165) is 43.7 Å². The van der Waals surface area contributed by atoms with Gasteiger partial charge < -0.3 is 5.32 Å². The molecule has 0 aliphatic carbocycles. The molecular formula is C20H27ClN4O. The zero-order valence-corrected chi connectivity index (χ0v) is 16.3. The van der Waals surface area contributed by atoms with Gasteiger partial charge in [0.2, 0.25) is 5.91 Å². The summed E-state index contributed by atoms with van der Waals surface area (Å²) in [6.45, 7) is 7.98. The Bertz CT molecular complexity index is 750. The second kappa shape index (κ2) is 8.69. The van der Waals surface area contributed by atoms with Gasteiger partial charge in [-0.2, -0.15) is 5.10 Å². The predicted octanol–water partition coefficient (Wildman–Crippen LogP) is 3.18. The molecule has 1 fully saturated rings. The number of benzene rings is 1. The summed E-state index contributed by atoms with van der Waals surface area (Å²) in [6.07, 6.45) is 2.21. The molecular weight excluding hydrogens is 348 g/mol. The number of rotatable bonds is 6. The number of hydrogen-bond donors (Lipinski definition) is 1. The third-order valence-corrected chi connectivity index (χ3v) is 5.41. The molecule has 1 N–H and O–H groups in total. The fourth-order valence-corrected chi connectivity index (χ4v) is 3.73. The normalized spacial score (nSPS) is 16.0. The number of nitrogens with zero attached hydrogens (tertiary/aromatic N) is 3. The summed E-state index contributed by atoms with van der Waals surface area (Å²) in [4.78, 5) is 14.4. The third-order valence-electron chi connectivity index (χ3n) is 5.04. The molecule has 26 heavy (non-hydrogen) atoms. The highest BCUT2D eigenvalue weighted by Gasteiger charge is 2.21. The number of carbonyl (C=O) groups is 1. The highest BCUT2D eigenvalue weighted by atomic mass is 35.5. The van der Waals surface area contributed by atoms with E-state index in [0.29, 0.717) is 24.0 Å². The van der Waals surface area contributed by atoms with E-state index in [1.807, 2.05) is 31.2 Å². The van der Waals surface area contributed by atoms with Crippen LogP contribution in [-0.4, -0.2) is 40.2 Å². The topological polar surface area (TPSA) is 50.2 Å². The lowest BCUT2D eigenvalue weighted by Crippen LogP contribution is -2.42. The van der Waals surface area contributed by atoms with Crippen molar-refractivity contribution in [1.82, 2.24) is 20.0 Å². The van der Waals surface area contributed by atoms with Gasteiger partial charge in [-0.05, 0) is 63.4 Å². The summed E-state index contributed by atoms with van der Waals surface area (Å²) in [5.74, 6) is 0.692. The van der Waals surface area contributed by atoms with E-state index in [4.69, 9.17) is 11.6 Å². The van der Waals surface area contributed by atoms with Crippen LogP contribution in [-0.2, 0) is 17.9 Å². The lowest BCUT2D eigenvalue weighted by molar-refractivity contribution is -0.122. The van der Waals surface area contributed by atoms with Crippen LogP contribution < -0.4 is 5.32 Å². The molecule has 0 radical (unpaired) electrons. The Morgan fingerprint density at radius 3 is 2.65 bits per heavy atom. The van der Waals surface area contributed by atoms with Crippen molar-refractivity contribution in [2.24, 2.45) is 5.92 Å². The molecule has 6 heteroatoms. The Morgan fingerprint density at radius 1 is 1.27 bits per heavy atom. The van der Waals surface area contributed by atoms with Crippen molar-refractivity contribution in [3.05, 3.63) is 52.3 Å². The first kappa shape index (κ1) is 18.9. The van der Waals surface area contributed by atoms with Gasteiger partial charge in [-0.1, -0.05) is 29.8 Å². The minimum absolute atomic E-state index is 0.0573. The van der Waals surface area contributed by atoms with Gasteiger partial charge in [0.25, 0.3) is 0 Å². The number of piperidine rings is 1. The van der Waals surface area contributed by atoms with Crippen molar-refractivity contribution in [2.45, 2.75) is 39.8 Å². The van der Waals surface area contributed by atoms with E-state index in [9.17, 15) is 4.79 Å². The van der Waals surface area contributed by atoms with Crippen LogP contribution >= 0.6 is 11.6 Å². The number of nitrogens with one attached hydrogen (secondary N) is 1. The quantitative estimate of drug-likeness (QED) is 0.844. The van der Waals surface area contributed by atoms with Crippen molar-refractivity contribution in [3.8, 4) is 0 Å². The van der Waals surface area contributed by atoms with Gasteiger partial charge >= 0.3 is 0 Å². The lowest BCUT2D eigenvalue weighted by Gasteiger charge is -2.31. The first-order valence-corrected chi connectivity index (χ1v) is 9.62. The van der Waals surface area contributed by atoms with Crippen LogP contribution in [0.15, 0.2) is 30.3 Å². The summed E-state index contributed by atoms with van der Waals surface area (Å²) in [7, 11) is 0. The fourth-order valence-electron chi connectivity index (χ4n) is 3.53. The van der Waals surface area contributed by atoms with E-state index >= 15 is 0 Å². The Labute approximate surface area is 160 Å². The van der Waals surface area contributed by atoms with E-state index in [1.165, 1.54) is 5.69 Å². The maximum absolute atomic E-state index is 12.2.